The number of hydrogen-bond donors (Lipinski definition) is 2. The molecular weight excluding hydrogens is 222 g/mol. The van der Waals surface area contributed by atoms with Gasteiger partial charge in [-0.1, -0.05) is 50.5 Å². The average molecular weight is 247 g/mol. The zero-order valence-corrected chi connectivity index (χ0v) is 11.4. The molecule has 1 aliphatic rings. The Bertz CT molecular complexity index is 341. The summed E-state index contributed by atoms with van der Waals surface area (Å²) >= 11 is 0. The van der Waals surface area contributed by atoms with Crippen molar-refractivity contribution in [1.82, 2.24) is 5.32 Å². The first-order chi connectivity index (χ1) is 8.79. The lowest BCUT2D eigenvalue weighted by Crippen LogP contribution is -2.34. The van der Waals surface area contributed by atoms with E-state index >= 15 is 0 Å². The summed E-state index contributed by atoms with van der Waals surface area (Å²) in [6, 6.07) is 8.93. The molecule has 18 heavy (non-hydrogen) atoms. The molecule has 0 aliphatic heterocycles. The molecule has 1 unspecified atom stereocenters. The van der Waals surface area contributed by atoms with Gasteiger partial charge in [-0.15, -0.1) is 0 Å². The molecule has 1 aromatic rings. The van der Waals surface area contributed by atoms with Gasteiger partial charge in [0, 0.05) is 12.6 Å². The summed E-state index contributed by atoms with van der Waals surface area (Å²) in [6.45, 7) is 2.83. The molecule has 1 saturated carbocycles. The van der Waals surface area contributed by atoms with Gasteiger partial charge < -0.3 is 10.4 Å². The smallest absolute Gasteiger partial charge is 0.0914 e. The third-order valence-corrected chi connectivity index (χ3v) is 3.98. The number of rotatable bonds is 5. The van der Waals surface area contributed by atoms with Crippen LogP contribution in [0.3, 0.4) is 0 Å². The molecule has 0 saturated heterocycles. The van der Waals surface area contributed by atoms with Crippen LogP contribution in [0.25, 0.3) is 0 Å². The SMILES string of the molecule is CCc1ccc(C(O)CNC2CCCCC2)cc1. The van der Waals surface area contributed by atoms with Gasteiger partial charge in [-0.3, -0.25) is 0 Å². The molecule has 0 bridgehead atoms. The molecule has 0 amide bonds. The van der Waals surface area contributed by atoms with E-state index in [-0.39, 0.29) is 6.10 Å². The minimum Gasteiger partial charge on any atom is -0.387 e. The average Bonchev–Trinajstić information content (AvgIpc) is 2.46. The Hall–Kier alpha value is -0.860. The number of benzene rings is 1. The quantitative estimate of drug-likeness (QED) is 0.837. The second kappa shape index (κ2) is 6.91. The van der Waals surface area contributed by atoms with Crippen molar-refractivity contribution < 1.29 is 5.11 Å². The first-order valence-corrected chi connectivity index (χ1v) is 7.30. The van der Waals surface area contributed by atoms with Gasteiger partial charge in [0.05, 0.1) is 6.10 Å². The topological polar surface area (TPSA) is 32.3 Å². The van der Waals surface area contributed by atoms with E-state index in [1.165, 1.54) is 37.7 Å². The van der Waals surface area contributed by atoms with Gasteiger partial charge in [0.1, 0.15) is 0 Å². The van der Waals surface area contributed by atoms with Crippen LogP contribution in [0, 0.1) is 0 Å². The van der Waals surface area contributed by atoms with E-state index in [0.29, 0.717) is 12.6 Å². The first kappa shape index (κ1) is 13.6. The van der Waals surface area contributed by atoms with Crippen LogP contribution < -0.4 is 5.32 Å². The summed E-state index contributed by atoms with van der Waals surface area (Å²) in [5.41, 5.74) is 2.35. The standard InChI is InChI=1S/C16H25NO/c1-2-13-8-10-14(11-9-13)16(18)12-17-15-6-4-3-5-7-15/h8-11,15-18H,2-7,12H2,1H3. The lowest BCUT2D eigenvalue weighted by molar-refractivity contribution is 0.165. The Kier molecular flexibility index (Phi) is 5.21. The number of nitrogens with one attached hydrogen (secondary N) is 1. The summed E-state index contributed by atoms with van der Waals surface area (Å²) in [6.07, 6.45) is 7.24. The molecule has 0 aromatic heterocycles. The van der Waals surface area contributed by atoms with Crippen molar-refractivity contribution in [1.29, 1.82) is 0 Å². The second-order valence-electron chi connectivity index (χ2n) is 5.35. The fraction of sp³-hybridized carbons (Fsp3) is 0.625. The Morgan fingerprint density at radius 3 is 2.44 bits per heavy atom. The van der Waals surface area contributed by atoms with E-state index < -0.39 is 0 Å². The minimum absolute atomic E-state index is 0.377. The van der Waals surface area contributed by atoms with Gasteiger partial charge in [0.15, 0.2) is 0 Å². The van der Waals surface area contributed by atoms with Gasteiger partial charge in [0.25, 0.3) is 0 Å². The van der Waals surface area contributed by atoms with Crippen molar-refractivity contribution in [3.63, 3.8) is 0 Å². The van der Waals surface area contributed by atoms with E-state index in [0.717, 1.165) is 12.0 Å². The predicted octanol–water partition coefficient (Wildman–Crippen LogP) is 3.20. The Morgan fingerprint density at radius 1 is 1.17 bits per heavy atom. The second-order valence-corrected chi connectivity index (χ2v) is 5.35. The van der Waals surface area contributed by atoms with Crippen LogP contribution in [0.5, 0.6) is 0 Å². The maximum atomic E-state index is 10.2. The third-order valence-electron chi connectivity index (χ3n) is 3.98. The van der Waals surface area contributed by atoms with Crippen molar-refractivity contribution >= 4 is 0 Å². The molecule has 2 nitrogen and oxygen atoms in total. The molecule has 100 valence electrons. The molecule has 0 spiro atoms. The lowest BCUT2D eigenvalue weighted by Gasteiger charge is -2.24. The Labute approximate surface area is 110 Å². The summed E-state index contributed by atoms with van der Waals surface area (Å²) in [7, 11) is 0. The largest absolute Gasteiger partial charge is 0.387 e. The van der Waals surface area contributed by atoms with Gasteiger partial charge in [-0.2, -0.15) is 0 Å². The van der Waals surface area contributed by atoms with E-state index in [9.17, 15) is 5.11 Å². The monoisotopic (exact) mass is 247 g/mol. The van der Waals surface area contributed by atoms with Gasteiger partial charge in [-0.05, 0) is 30.4 Å². The zero-order chi connectivity index (χ0) is 12.8. The highest BCUT2D eigenvalue weighted by atomic mass is 16.3. The minimum atomic E-state index is -0.377. The van der Waals surface area contributed by atoms with Gasteiger partial charge >= 0.3 is 0 Å². The van der Waals surface area contributed by atoms with Crippen LogP contribution in [0.4, 0.5) is 0 Å². The van der Waals surface area contributed by atoms with Crippen LogP contribution >= 0.6 is 0 Å². The number of aliphatic hydroxyl groups excluding tert-OH is 1. The molecule has 1 fully saturated rings. The first-order valence-electron chi connectivity index (χ1n) is 7.30. The maximum absolute atomic E-state index is 10.2. The molecule has 2 heteroatoms. The summed E-state index contributed by atoms with van der Waals surface area (Å²) in [4.78, 5) is 0. The fourth-order valence-electron chi connectivity index (χ4n) is 2.68. The van der Waals surface area contributed by atoms with Crippen molar-refractivity contribution in [3.8, 4) is 0 Å². The van der Waals surface area contributed by atoms with Crippen LogP contribution in [-0.2, 0) is 6.42 Å². The molecule has 1 atom stereocenters. The predicted molar refractivity (Wildman–Crippen MR) is 75.7 cm³/mol. The normalized spacial score (nSPS) is 18.8. The highest BCUT2D eigenvalue weighted by Gasteiger charge is 2.14. The number of hydrogen-bond acceptors (Lipinski definition) is 2. The van der Waals surface area contributed by atoms with E-state index in [1.807, 2.05) is 12.1 Å². The van der Waals surface area contributed by atoms with Crippen LogP contribution in [0.15, 0.2) is 24.3 Å². The van der Waals surface area contributed by atoms with Crippen LogP contribution in [-0.4, -0.2) is 17.7 Å². The third kappa shape index (κ3) is 3.82. The van der Waals surface area contributed by atoms with Crippen molar-refractivity contribution in [2.45, 2.75) is 57.6 Å². The molecule has 1 aromatic carbocycles. The van der Waals surface area contributed by atoms with Crippen molar-refractivity contribution in [2.75, 3.05) is 6.54 Å². The number of aryl methyl sites for hydroxylation is 1. The molecule has 0 radical (unpaired) electrons. The van der Waals surface area contributed by atoms with Crippen molar-refractivity contribution in [3.05, 3.63) is 35.4 Å². The Morgan fingerprint density at radius 2 is 1.83 bits per heavy atom. The highest BCUT2D eigenvalue weighted by molar-refractivity contribution is 5.24. The van der Waals surface area contributed by atoms with Crippen LogP contribution in [0.2, 0.25) is 0 Å². The molecular formula is C16H25NO. The lowest BCUT2D eigenvalue weighted by atomic mass is 9.95. The highest BCUT2D eigenvalue weighted by Crippen LogP contribution is 2.19. The van der Waals surface area contributed by atoms with Crippen LogP contribution in [0.1, 0.15) is 56.3 Å². The van der Waals surface area contributed by atoms with Gasteiger partial charge in [-0.25, -0.2) is 0 Å². The molecule has 1 aliphatic carbocycles. The fourth-order valence-corrected chi connectivity index (χ4v) is 2.68. The maximum Gasteiger partial charge on any atom is 0.0914 e. The van der Waals surface area contributed by atoms with Gasteiger partial charge in [0.2, 0.25) is 0 Å². The summed E-state index contributed by atoms with van der Waals surface area (Å²) < 4.78 is 0. The summed E-state index contributed by atoms with van der Waals surface area (Å²) in [5, 5.41) is 13.7. The van der Waals surface area contributed by atoms with Crippen molar-refractivity contribution in [2.24, 2.45) is 0 Å². The van der Waals surface area contributed by atoms with E-state index in [1.54, 1.807) is 0 Å². The molecule has 2 rings (SSSR count). The molecule has 0 heterocycles. The summed E-state index contributed by atoms with van der Waals surface area (Å²) in [5.74, 6) is 0. The molecule has 2 N–H and O–H groups in total. The number of aliphatic hydroxyl groups is 1. The zero-order valence-electron chi connectivity index (χ0n) is 11.4. The van der Waals surface area contributed by atoms with E-state index in [2.05, 4.69) is 24.4 Å². The Balaban J connectivity index is 1.80. The van der Waals surface area contributed by atoms with E-state index in [4.69, 9.17) is 0 Å².